The van der Waals surface area contributed by atoms with Gasteiger partial charge in [0.25, 0.3) is 0 Å². The summed E-state index contributed by atoms with van der Waals surface area (Å²) in [6, 6.07) is 0. The number of aliphatic hydroxyl groups excluding tert-OH is 1. The fourth-order valence-corrected chi connectivity index (χ4v) is 2.25. The van der Waals surface area contributed by atoms with Crippen LogP contribution >= 0.6 is 0 Å². The fraction of sp³-hybridized carbons (Fsp3) is 0.786. The van der Waals surface area contributed by atoms with Crippen molar-refractivity contribution in [1.82, 2.24) is 0 Å². The lowest BCUT2D eigenvalue weighted by Crippen LogP contribution is -2.35. The van der Waals surface area contributed by atoms with Gasteiger partial charge in [-0.2, -0.15) is 0 Å². The molecule has 0 aliphatic heterocycles. The second kappa shape index (κ2) is 6.80. The Morgan fingerprint density at radius 3 is 2.35 bits per heavy atom. The molecule has 0 amide bonds. The van der Waals surface area contributed by atoms with Crippen molar-refractivity contribution < 1.29 is 14.6 Å². The van der Waals surface area contributed by atoms with Gasteiger partial charge in [0.05, 0.1) is 19.1 Å². The molecule has 0 aromatic heterocycles. The first kappa shape index (κ1) is 16.2. The molecule has 3 nitrogen and oxygen atoms in total. The van der Waals surface area contributed by atoms with Crippen LogP contribution in [0, 0.1) is 17.3 Å². The minimum Gasteiger partial charge on any atom is -0.469 e. The predicted molar refractivity (Wildman–Crippen MR) is 69.6 cm³/mol. The second-order valence-electron chi connectivity index (χ2n) is 5.40. The lowest BCUT2D eigenvalue weighted by Gasteiger charge is -2.32. The second-order valence-corrected chi connectivity index (χ2v) is 5.40. The van der Waals surface area contributed by atoms with Gasteiger partial charge in [-0.05, 0) is 19.3 Å². The number of carbonyl (C=O) groups excluding carboxylic acids is 1. The highest BCUT2D eigenvalue weighted by Gasteiger charge is 2.31. The summed E-state index contributed by atoms with van der Waals surface area (Å²) in [6.45, 7) is 9.73. The molecule has 0 heterocycles. The summed E-state index contributed by atoms with van der Waals surface area (Å²) >= 11 is 0. The minimum absolute atomic E-state index is 0.0512. The maximum atomic E-state index is 11.3. The van der Waals surface area contributed by atoms with E-state index in [9.17, 15) is 9.90 Å². The zero-order valence-corrected chi connectivity index (χ0v) is 11.9. The molecule has 1 N–H and O–H groups in total. The number of allylic oxidation sites excluding steroid dienone is 1. The number of ether oxygens (including phenoxy) is 1. The van der Waals surface area contributed by atoms with E-state index in [1.807, 2.05) is 46.8 Å². The van der Waals surface area contributed by atoms with E-state index in [4.69, 9.17) is 4.74 Å². The van der Waals surface area contributed by atoms with Crippen LogP contribution in [0.5, 0.6) is 0 Å². The Bertz CT molecular complexity index is 269. The number of hydrogen-bond acceptors (Lipinski definition) is 3. The molecule has 0 aromatic rings. The molecule has 100 valence electrons. The molecule has 0 bridgehead atoms. The van der Waals surface area contributed by atoms with Crippen molar-refractivity contribution >= 4 is 5.97 Å². The Morgan fingerprint density at radius 2 is 1.94 bits per heavy atom. The topological polar surface area (TPSA) is 46.5 Å². The van der Waals surface area contributed by atoms with Gasteiger partial charge in [-0.15, -0.1) is 0 Å². The number of carbonyl (C=O) groups is 1. The Morgan fingerprint density at radius 1 is 1.41 bits per heavy atom. The lowest BCUT2D eigenvalue weighted by atomic mass is 9.77. The van der Waals surface area contributed by atoms with Crippen LogP contribution in [0.15, 0.2) is 12.2 Å². The van der Waals surface area contributed by atoms with Gasteiger partial charge in [-0.3, -0.25) is 4.79 Å². The van der Waals surface area contributed by atoms with Crippen LogP contribution in [0.3, 0.4) is 0 Å². The van der Waals surface area contributed by atoms with Crippen LogP contribution in [0.1, 0.15) is 41.0 Å². The molecule has 17 heavy (non-hydrogen) atoms. The van der Waals surface area contributed by atoms with Crippen molar-refractivity contribution in [2.45, 2.75) is 47.1 Å². The largest absolute Gasteiger partial charge is 0.469 e. The minimum atomic E-state index is -0.467. The molecular weight excluding hydrogens is 216 g/mol. The maximum absolute atomic E-state index is 11.3. The van der Waals surface area contributed by atoms with Crippen molar-refractivity contribution in [3.8, 4) is 0 Å². The molecule has 0 saturated heterocycles. The Kier molecular flexibility index (Phi) is 6.46. The zero-order chi connectivity index (χ0) is 13.6. The fourth-order valence-electron chi connectivity index (χ4n) is 2.25. The average Bonchev–Trinajstić information content (AvgIpc) is 2.26. The quantitative estimate of drug-likeness (QED) is 0.575. The summed E-state index contributed by atoms with van der Waals surface area (Å²) in [7, 11) is 1.39. The standard InChI is InChI=1S/C14H26O3/c1-7-8-14(4,5)12(15)10(2)9-11(3)13(16)17-6/h7-8,10-12,15H,9H2,1-6H3. The van der Waals surface area contributed by atoms with E-state index in [1.165, 1.54) is 7.11 Å². The number of aliphatic hydroxyl groups is 1. The van der Waals surface area contributed by atoms with Crippen molar-refractivity contribution in [3.05, 3.63) is 12.2 Å². The Labute approximate surface area is 105 Å². The summed E-state index contributed by atoms with van der Waals surface area (Å²) in [4.78, 5) is 11.3. The lowest BCUT2D eigenvalue weighted by molar-refractivity contribution is -0.145. The van der Waals surface area contributed by atoms with Crippen LogP contribution in [-0.4, -0.2) is 24.3 Å². The predicted octanol–water partition coefficient (Wildman–Crippen LogP) is 2.78. The molecule has 3 unspecified atom stereocenters. The van der Waals surface area contributed by atoms with Crippen molar-refractivity contribution in [2.24, 2.45) is 17.3 Å². The molecule has 0 aliphatic carbocycles. The van der Waals surface area contributed by atoms with Crippen LogP contribution in [-0.2, 0) is 9.53 Å². The van der Waals surface area contributed by atoms with Gasteiger partial charge in [0.15, 0.2) is 0 Å². The molecular formula is C14H26O3. The number of esters is 1. The van der Waals surface area contributed by atoms with Crippen LogP contribution in [0.4, 0.5) is 0 Å². The Balaban J connectivity index is 4.51. The van der Waals surface area contributed by atoms with E-state index in [-0.39, 0.29) is 23.2 Å². The smallest absolute Gasteiger partial charge is 0.308 e. The van der Waals surface area contributed by atoms with Crippen LogP contribution < -0.4 is 0 Å². The molecule has 3 atom stereocenters. The third kappa shape index (κ3) is 4.90. The monoisotopic (exact) mass is 242 g/mol. The zero-order valence-electron chi connectivity index (χ0n) is 11.9. The van der Waals surface area contributed by atoms with Gasteiger partial charge in [-0.25, -0.2) is 0 Å². The average molecular weight is 242 g/mol. The SMILES string of the molecule is CC=CC(C)(C)C(O)C(C)CC(C)C(=O)OC. The van der Waals surface area contributed by atoms with Gasteiger partial charge in [0, 0.05) is 5.41 Å². The molecule has 3 heteroatoms. The van der Waals surface area contributed by atoms with E-state index < -0.39 is 6.10 Å². The number of rotatable bonds is 6. The van der Waals surface area contributed by atoms with Gasteiger partial charge >= 0.3 is 5.97 Å². The van der Waals surface area contributed by atoms with E-state index in [0.29, 0.717) is 6.42 Å². The molecule has 0 spiro atoms. The summed E-state index contributed by atoms with van der Waals surface area (Å²) in [5, 5.41) is 10.3. The van der Waals surface area contributed by atoms with Gasteiger partial charge in [-0.1, -0.05) is 39.8 Å². The number of hydrogen-bond donors (Lipinski definition) is 1. The van der Waals surface area contributed by atoms with E-state index in [0.717, 1.165) is 0 Å². The van der Waals surface area contributed by atoms with E-state index in [1.54, 1.807) is 0 Å². The normalized spacial score (nSPS) is 17.8. The third-order valence-corrected chi connectivity index (χ3v) is 3.23. The van der Waals surface area contributed by atoms with Gasteiger partial charge in [0.1, 0.15) is 0 Å². The molecule has 0 radical (unpaired) electrons. The summed E-state index contributed by atoms with van der Waals surface area (Å²) in [5.74, 6) is -0.339. The highest BCUT2D eigenvalue weighted by molar-refractivity contribution is 5.71. The highest BCUT2D eigenvalue weighted by Crippen LogP contribution is 2.30. The third-order valence-electron chi connectivity index (χ3n) is 3.23. The summed E-state index contributed by atoms with van der Waals surface area (Å²) in [5.41, 5.74) is -0.274. The molecule has 0 aliphatic rings. The van der Waals surface area contributed by atoms with Crippen LogP contribution in [0.2, 0.25) is 0 Å². The first-order valence-electron chi connectivity index (χ1n) is 6.16. The maximum Gasteiger partial charge on any atom is 0.308 e. The summed E-state index contributed by atoms with van der Waals surface area (Å²) < 4.78 is 4.69. The first-order chi connectivity index (χ1) is 7.76. The van der Waals surface area contributed by atoms with Crippen molar-refractivity contribution in [1.29, 1.82) is 0 Å². The van der Waals surface area contributed by atoms with Crippen LogP contribution in [0.25, 0.3) is 0 Å². The highest BCUT2D eigenvalue weighted by atomic mass is 16.5. The van der Waals surface area contributed by atoms with E-state index in [2.05, 4.69) is 0 Å². The van der Waals surface area contributed by atoms with Crippen molar-refractivity contribution in [3.63, 3.8) is 0 Å². The summed E-state index contributed by atoms with van der Waals surface area (Å²) in [6.07, 6.45) is 4.11. The Hall–Kier alpha value is -0.830. The van der Waals surface area contributed by atoms with Gasteiger partial charge < -0.3 is 9.84 Å². The molecule has 0 saturated carbocycles. The molecule has 0 fully saturated rings. The molecule has 0 rings (SSSR count). The van der Waals surface area contributed by atoms with Crippen molar-refractivity contribution in [2.75, 3.05) is 7.11 Å². The molecule has 0 aromatic carbocycles. The first-order valence-corrected chi connectivity index (χ1v) is 6.16. The van der Waals surface area contributed by atoms with Gasteiger partial charge in [0.2, 0.25) is 0 Å². The van der Waals surface area contributed by atoms with E-state index >= 15 is 0 Å². The number of methoxy groups -OCH3 is 1.